The van der Waals surface area contributed by atoms with Crippen LogP contribution >= 0.6 is 0 Å². The maximum atomic E-state index is 12.7. The lowest BCUT2D eigenvalue weighted by Gasteiger charge is -2.28. The normalized spacial score (nSPS) is 45.0. The highest BCUT2D eigenvalue weighted by molar-refractivity contribution is 4.82. The second-order valence-electron chi connectivity index (χ2n) is 3.00. The summed E-state index contributed by atoms with van der Waals surface area (Å²) >= 11 is 0. The number of hydrogen-bond acceptors (Lipinski definition) is 1. The zero-order chi connectivity index (χ0) is 6.85. The molecule has 0 aliphatic heterocycles. The summed E-state index contributed by atoms with van der Waals surface area (Å²) in [4.78, 5) is 0. The fourth-order valence-corrected chi connectivity index (χ4v) is 1.38. The van der Waals surface area contributed by atoms with Crippen LogP contribution in [0, 0.1) is 5.92 Å². The molecule has 2 N–H and O–H groups in total. The first-order valence-electron chi connectivity index (χ1n) is 3.61. The van der Waals surface area contributed by atoms with Crippen LogP contribution in [0.2, 0.25) is 0 Å². The molecule has 1 nitrogen and oxygen atoms in total. The Bertz CT molecular complexity index is 84.9. The van der Waals surface area contributed by atoms with E-state index in [0.29, 0.717) is 12.3 Å². The van der Waals surface area contributed by atoms with Crippen molar-refractivity contribution in [3.63, 3.8) is 0 Å². The van der Waals surface area contributed by atoms with E-state index in [-0.39, 0.29) is 6.04 Å². The molecule has 0 aromatic carbocycles. The van der Waals surface area contributed by atoms with Crippen LogP contribution in [0.5, 0.6) is 0 Å². The molecule has 3 atom stereocenters. The molecule has 0 aromatic rings. The van der Waals surface area contributed by atoms with E-state index in [9.17, 15) is 4.39 Å². The van der Waals surface area contributed by atoms with Gasteiger partial charge in [-0.1, -0.05) is 13.3 Å². The number of halogens is 1. The Hall–Kier alpha value is -0.110. The van der Waals surface area contributed by atoms with Crippen molar-refractivity contribution in [2.24, 2.45) is 11.7 Å². The van der Waals surface area contributed by atoms with Gasteiger partial charge < -0.3 is 5.73 Å². The molecule has 0 aromatic heterocycles. The van der Waals surface area contributed by atoms with E-state index < -0.39 is 6.17 Å². The molecule has 0 amide bonds. The van der Waals surface area contributed by atoms with Gasteiger partial charge in [-0.15, -0.1) is 0 Å². The van der Waals surface area contributed by atoms with E-state index in [4.69, 9.17) is 5.73 Å². The first-order valence-corrected chi connectivity index (χ1v) is 3.61. The third kappa shape index (κ3) is 1.42. The fourth-order valence-electron chi connectivity index (χ4n) is 1.38. The Morgan fingerprint density at radius 2 is 2.11 bits per heavy atom. The summed E-state index contributed by atoms with van der Waals surface area (Å²) < 4.78 is 12.7. The molecular formula is C7H14FN. The van der Waals surface area contributed by atoms with Gasteiger partial charge in [-0.3, -0.25) is 0 Å². The summed E-state index contributed by atoms with van der Waals surface area (Å²) in [6.45, 7) is 2.02. The Morgan fingerprint density at radius 3 is 2.56 bits per heavy atom. The third-order valence-electron chi connectivity index (χ3n) is 2.21. The summed E-state index contributed by atoms with van der Waals surface area (Å²) in [6.07, 6.45) is 2.04. The van der Waals surface area contributed by atoms with E-state index in [1.165, 1.54) is 0 Å². The van der Waals surface area contributed by atoms with Gasteiger partial charge in [-0.05, 0) is 18.8 Å². The first kappa shape index (κ1) is 7.00. The first-order chi connectivity index (χ1) is 4.22. The zero-order valence-corrected chi connectivity index (χ0v) is 5.81. The summed E-state index contributed by atoms with van der Waals surface area (Å²) in [5, 5.41) is 0. The highest BCUT2D eigenvalue weighted by Crippen LogP contribution is 2.24. The van der Waals surface area contributed by atoms with Crippen molar-refractivity contribution in [2.75, 3.05) is 0 Å². The van der Waals surface area contributed by atoms with E-state index in [1.54, 1.807) is 0 Å². The molecule has 1 fully saturated rings. The van der Waals surface area contributed by atoms with E-state index in [1.807, 2.05) is 6.92 Å². The van der Waals surface area contributed by atoms with Crippen LogP contribution in [0.25, 0.3) is 0 Å². The molecule has 1 rings (SSSR count). The minimum atomic E-state index is -0.742. The number of rotatable bonds is 0. The third-order valence-corrected chi connectivity index (χ3v) is 2.21. The molecule has 1 saturated carbocycles. The van der Waals surface area contributed by atoms with Gasteiger partial charge in [0.05, 0.1) is 0 Å². The molecule has 0 unspecified atom stereocenters. The Balaban J connectivity index is 2.41. The highest BCUT2D eigenvalue weighted by atomic mass is 19.1. The van der Waals surface area contributed by atoms with Gasteiger partial charge in [0.25, 0.3) is 0 Å². The van der Waals surface area contributed by atoms with Crippen LogP contribution < -0.4 is 5.73 Å². The number of hydrogen-bond donors (Lipinski definition) is 1. The van der Waals surface area contributed by atoms with Crippen molar-refractivity contribution in [1.29, 1.82) is 0 Å². The summed E-state index contributed by atoms with van der Waals surface area (Å²) in [6, 6.07) is -0.196. The van der Waals surface area contributed by atoms with Crippen LogP contribution in [0.3, 0.4) is 0 Å². The lowest BCUT2D eigenvalue weighted by Crippen LogP contribution is -2.40. The van der Waals surface area contributed by atoms with Crippen molar-refractivity contribution in [1.82, 2.24) is 0 Å². The van der Waals surface area contributed by atoms with Crippen molar-refractivity contribution in [3.8, 4) is 0 Å². The molecule has 54 valence electrons. The quantitative estimate of drug-likeness (QED) is 0.529. The van der Waals surface area contributed by atoms with Crippen molar-refractivity contribution >= 4 is 0 Å². The predicted molar refractivity (Wildman–Crippen MR) is 35.9 cm³/mol. The van der Waals surface area contributed by atoms with E-state index in [0.717, 1.165) is 12.8 Å². The summed E-state index contributed by atoms with van der Waals surface area (Å²) in [5.74, 6) is 0.383. The molecule has 0 spiro atoms. The summed E-state index contributed by atoms with van der Waals surface area (Å²) in [7, 11) is 0. The topological polar surface area (TPSA) is 26.0 Å². The molecule has 0 radical (unpaired) electrons. The van der Waals surface area contributed by atoms with Gasteiger partial charge in [0.15, 0.2) is 0 Å². The van der Waals surface area contributed by atoms with Crippen LogP contribution in [-0.2, 0) is 0 Å². The molecule has 2 heteroatoms. The van der Waals surface area contributed by atoms with Crippen LogP contribution in [0.4, 0.5) is 4.39 Å². The molecule has 1 aliphatic carbocycles. The van der Waals surface area contributed by atoms with Crippen LogP contribution in [-0.4, -0.2) is 12.2 Å². The second kappa shape index (κ2) is 2.65. The SMILES string of the molecule is C[C@@H]1CCC[C@@H](F)[C@H]1N. The van der Waals surface area contributed by atoms with Gasteiger partial charge in [-0.2, -0.15) is 0 Å². The Labute approximate surface area is 55.4 Å². The molecule has 9 heavy (non-hydrogen) atoms. The van der Waals surface area contributed by atoms with Gasteiger partial charge in [0.2, 0.25) is 0 Å². The average molecular weight is 131 g/mol. The van der Waals surface area contributed by atoms with Crippen molar-refractivity contribution in [3.05, 3.63) is 0 Å². The van der Waals surface area contributed by atoms with E-state index in [2.05, 4.69) is 0 Å². The molecule has 0 bridgehead atoms. The largest absolute Gasteiger partial charge is 0.325 e. The van der Waals surface area contributed by atoms with Gasteiger partial charge >= 0.3 is 0 Å². The minimum absolute atomic E-state index is 0.196. The summed E-state index contributed by atoms with van der Waals surface area (Å²) in [5.41, 5.74) is 5.55. The number of alkyl halides is 1. The molecular weight excluding hydrogens is 117 g/mol. The molecule has 0 saturated heterocycles. The van der Waals surface area contributed by atoms with Gasteiger partial charge in [0, 0.05) is 6.04 Å². The van der Waals surface area contributed by atoms with Crippen molar-refractivity contribution < 1.29 is 4.39 Å². The lowest BCUT2D eigenvalue weighted by atomic mass is 9.85. The minimum Gasteiger partial charge on any atom is -0.325 e. The average Bonchev–Trinajstić information content (AvgIpc) is 1.83. The maximum absolute atomic E-state index is 12.7. The van der Waals surface area contributed by atoms with Gasteiger partial charge in [-0.25, -0.2) is 4.39 Å². The smallest absolute Gasteiger partial charge is 0.115 e. The highest BCUT2D eigenvalue weighted by Gasteiger charge is 2.26. The maximum Gasteiger partial charge on any atom is 0.115 e. The standard InChI is InChI=1S/C7H14FN/c1-5-3-2-4-6(8)7(5)9/h5-7H,2-4,9H2,1H3/t5-,6-,7+/m1/s1. The van der Waals surface area contributed by atoms with Gasteiger partial charge in [0.1, 0.15) is 6.17 Å². The predicted octanol–water partition coefficient (Wildman–Crippen LogP) is 1.47. The lowest BCUT2D eigenvalue weighted by molar-refractivity contribution is 0.172. The second-order valence-corrected chi connectivity index (χ2v) is 3.00. The van der Waals surface area contributed by atoms with Crippen molar-refractivity contribution in [2.45, 2.75) is 38.4 Å². The molecule has 0 heterocycles. The molecule has 1 aliphatic rings. The fraction of sp³-hybridized carbons (Fsp3) is 1.00. The van der Waals surface area contributed by atoms with Crippen LogP contribution in [0.1, 0.15) is 26.2 Å². The zero-order valence-electron chi connectivity index (χ0n) is 5.81. The monoisotopic (exact) mass is 131 g/mol. The van der Waals surface area contributed by atoms with E-state index >= 15 is 0 Å². The number of nitrogens with two attached hydrogens (primary N) is 1. The Morgan fingerprint density at radius 1 is 1.44 bits per heavy atom. The Kier molecular flexibility index (Phi) is 2.06. The van der Waals surface area contributed by atoms with Crippen LogP contribution in [0.15, 0.2) is 0 Å².